The highest BCUT2D eigenvalue weighted by Gasteiger charge is 2.40. The number of aromatic nitrogens is 3. The van der Waals surface area contributed by atoms with Gasteiger partial charge in [0, 0.05) is 29.8 Å². The van der Waals surface area contributed by atoms with E-state index >= 15 is 0 Å². The van der Waals surface area contributed by atoms with Crippen LogP contribution >= 0.6 is 11.6 Å². The van der Waals surface area contributed by atoms with Crippen molar-refractivity contribution in [3.8, 4) is 0 Å². The molecule has 0 aromatic carbocycles. The van der Waals surface area contributed by atoms with E-state index in [1.807, 2.05) is 0 Å². The van der Waals surface area contributed by atoms with Crippen molar-refractivity contribution >= 4 is 34.8 Å². The molecule has 150 valence electrons. The van der Waals surface area contributed by atoms with Crippen LogP contribution in [0.1, 0.15) is 24.1 Å². The first-order chi connectivity index (χ1) is 13.8. The fraction of sp³-hybridized carbons (Fsp3) is 0.200. The molecule has 0 saturated carbocycles. The Labute approximate surface area is 171 Å². The zero-order valence-corrected chi connectivity index (χ0v) is 16.2. The molecule has 3 rings (SSSR count). The molecule has 9 heteroatoms. The number of amides is 2. The van der Waals surface area contributed by atoms with Gasteiger partial charge in [-0.05, 0) is 30.7 Å². The molecule has 0 unspecified atom stereocenters. The van der Waals surface area contributed by atoms with Gasteiger partial charge in [-0.15, -0.1) is 0 Å². The minimum absolute atomic E-state index is 0.0747. The molecule has 1 N–H and O–H groups in total. The van der Waals surface area contributed by atoms with Gasteiger partial charge in [0.25, 0.3) is 5.92 Å². The van der Waals surface area contributed by atoms with E-state index in [0.29, 0.717) is 11.3 Å². The normalized spacial score (nSPS) is 15.8. The number of hydrogen-bond donors (Lipinski definition) is 1. The van der Waals surface area contributed by atoms with Crippen LogP contribution in [-0.4, -0.2) is 27.5 Å². The molecule has 0 aliphatic carbocycles. The van der Waals surface area contributed by atoms with Crippen molar-refractivity contribution in [1.29, 1.82) is 0 Å². The molecule has 1 aliphatic heterocycles. The fourth-order valence-corrected chi connectivity index (χ4v) is 3.06. The van der Waals surface area contributed by atoms with Gasteiger partial charge in [0.05, 0.1) is 11.3 Å². The summed E-state index contributed by atoms with van der Waals surface area (Å²) in [7, 11) is 0. The van der Waals surface area contributed by atoms with Crippen molar-refractivity contribution in [2.24, 2.45) is 0 Å². The number of alkyl halides is 2. The first-order valence-corrected chi connectivity index (χ1v) is 9.12. The number of nitrogens with zero attached hydrogens (tertiary/aromatic N) is 4. The summed E-state index contributed by atoms with van der Waals surface area (Å²) in [5, 5.41) is 2.82. The minimum atomic E-state index is -3.11. The van der Waals surface area contributed by atoms with Gasteiger partial charge in [0.1, 0.15) is 18.0 Å². The van der Waals surface area contributed by atoms with Gasteiger partial charge in [-0.1, -0.05) is 30.8 Å². The molecular formula is C20H18ClF2N5O. The second-order valence-corrected chi connectivity index (χ2v) is 6.79. The number of carbonyl (C=O) groups is 1. The zero-order chi connectivity index (χ0) is 21.0. The predicted octanol–water partition coefficient (Wildman–Crippen LogP) is 5.12. The van der Waals surface area contributed by atoms with Gasteiger partial charge >= 0.3 is 6.03 Å². The quantitative estimate of drug-likeness (QED) is 0.701. The van der Waals surface area contributed by atoms with E-state index in [1.54, 1.807) is 0 Å². The molecule has 0 radical (unpaired) electrons. The maximum absolute atomic E-state index is 14.7. The molecule has 0 spiro atoms. The molecule has 0 atom stereocenters. The van der Waals surface area contributed by atoms with Crippen molar-refractivity contribution in [3.05, 3.63) is 72.3 Å². The van der Waals surface area contributed by atoms with Gasteiger partial charge < -0.3 is 0 Å². The maximum atomic E-state index is 14.7. The number of anilines is 2. The van der Waals surface area contributed by atoms with Crippen LogP contribution in [0.3, 0.4) is 0 Å². The van der Waals surface area contributed by atoms with Crippen LogP contribution in [0.25, 0.3) is 5.57 Å². The van der Waals surface area contributed by atoms with Crippen molar-refractivity contribution in [2.75, 3.05) is 16.8 Å². The lowest BCUT2D eigenvalue weighted by molar-refractivity contribution is -0.0123. The number of halogens is 3. The molecule has 2 aromatic heterocycles. The number of rotatable bonds is 4. The molecule has 29 heavy (non-hydrogen) atoms. The standard InChI is InChI=1S/C20H18ClF2N5O/c1-3-14(11-13(2)21)16-6-5-15-18(26-16)28(10-4-8-20(15,22)23)19(29)27-17-7-9-24-12-25-17/h3,5-7,9,11-12H,1-2,4,8,10H2,(H,24,25,27,29)/b14-11+. The topological polar surface area (TPSA) is 71.0 Å². The SMILES string of the molecule is C=C/C(=C\C(=C)Cl)c1ccc2c(n1)N(C(=O)Nc1ccncn1)CCCC2(F)F. The average molecular weight is 418 g/mol. The van der Waals surface area contributed by atoms with Crippen molar-refractivity contribution < 1.29 is 13.6 Å². The van der Waals surface area contributed by atoms with Gasteiger partial charge in [0.15, 0.2) is 0 Å². The van der Waals surface area contributed by atoms with E-state index in [9.17, 15) is 13.6 Å². The largest absolute Gasteiger partial charge is 0.328 e. The van der Waals surface area contributed by atoms with Gasteiger partial charge in [0.2, 0.25) is 0 Å². The lowest BCUT2D eigenvalue weighted by Crippen LogP contribution is -2.36. The zero-order valence-electron chi connectivity index (χ0n) is 15.4. The molecule has 0 saturated heterocycles. The number of fused-ring (bicyclic) bond motifs is 1. The minimum Gasteiger partial charge on any atom is -0.292 e. The smallest absolute Gasteiger partial charge is 0.292 e. The van der Waals surface area contributed by atoms with Crippen LogP contribution in [-0.2, 0) is 5.92 Å². The Morgan fingerprint density at radius 3 is 2.79 bits per heavy atom. The summed E-state index contributed by atoms with van der Waals surface area (Å²) in [5.41, 5.74) is 0.527. The van der Waals surface area contributed by atoms with Gasteiger partial charge in [-0.2, -0.15) is 0 Å². The summed E-state index contributed by atoms with van der Waals surface area (Å²) in [5.74, 6) is -2.98. The van der Waals surface area contributed by atoms with Crippen LogP contribution in [0.4, 0.5) is 25.2 Å². The number of pyridine rings is 1. The Morgan fingerprint density at radius 1 is 1.34 bits per heavy atom. The summed E-state index contributed by atoms with van der Waals surface area (Å²) in [6, 6.07) is 3.62. The van der Waals surface area contributed by atoms with Gasteiger partial charge in [-0.3, -0.25) is 10.2 Å². The fourth-order valence-electron chi connectivity index (χ4n) is 2.95. The van der Waals surface area contributed by atoms with E-state index in [0.717, 1.165) is 0 Å². The lowest BCUT2D eigenvalue weighted by atomic mass is 10.0. The predicted molar refractivity (Wildman–Crippen MR) is 109 cm³/mol. The molecule has 0 bridgehead atoms. The Kier molecular flexibility index (Phi) is 6.03. The summed E-state index contributed by atoms with van der Waals surface area (Å²) in [6.07, 6.45) is 5.46. The van der Waals surface area contributed by atoms with E-state index in [4.69, 9.17) is 11.6 Å². The van der Waals surface area contributed by atoms with E-state index in [-0.39, 0.29) is 41.6 Å². The Morgan fingerprint density at radius 2 is 2.14 bits per heavy atom. The van der Waals surface area contributed by atoms with E-state index in [1.165, 1.54) is 47.8 Å². The summed E-state index contributed by atoms with van der Waals surface area (Å²) in [6.45, 7) is 7.36. The highest BCUT2D eigenvalue weighted by Crippen LogP contribution is 2.41. The molecule has 2 aromatic rings. The van der Waals surface area contributed by atoms with Crippen LogP contribution in [0.5, 0.6) is 0 Å². The Hall–Kier alpha value is -3.13. The summed E-state index contributed by atoms with van der Waals surface area (Å²) < 4.78 is 29.3. The molecule has 0 fully saturated rings. The average Bonchev–Trinajstić information content (AvgIpc) is 2.82. The number of allylic oxidation sites excluding steroid dienone is 4. The van der Waals surface area contributed by atoms with E-state index in [2.05, 4.69) is 33.4 Å². The number of nitrogens with one attached hydrogen (secondary N) is 1. The van der Waals surface area contributed by atoms with E-state index < -0.39 is 12.0 Å². The molecular weight excluding hydrogens is 400 g/mol. The number of urea groups is 1. The van der Waals surface area contributed by atoms with Crippen LogP contribution < -0.4 is 10.2 Å². The third-order valence-electron chi connectivity index (χ3n) is 4.29. The van der Waals surface area contributed by atoms with Crippen molar-refractivity contribution in [1.82, 2.24) is 15.0 Å². The second-order valence-electron chi connectivity index (χ2n) is 6.30. The Bertz CT molecular complexity index is 978. The summed E-state index contributed by atoms with van der Waals surface area (Å²) >= 11 is 5.83. The highest BCUT2D eigenvalue weighted by molar-refractivity contribution is 6.31. The third-order valence-corrected chi connectivity index (χ3v) is 4.40. The van der Waals surface area contributed by atoms with Crippen LogP contribution in [0.15, 0.2) is 61.1 Å². The molecule has 2 amide bonds. The Balaban J connectivity index is 2.06. The number of hydrogen-bond acceptors (Lipinski definition) is 4. The molecule has 1 aliphatic rings. The van der Waals surface area contributed by atoms with Gasteiger partial charge in [-0.25, -0.2) is 28.5 Å². The summed E-state index contributed by atoms with van der Waals surface area (Å²) in [4.78, 5) is 26.1. The van der Waals surface area contributed by atoms with Crippen molar-refractivity contribution in [3.63, 3.8) is 0 Å². The lowest BCUT2D eigenvalue weighted by Gasteiger charge is -2.23. The first-order valence-electron chi connectivity index (χ1n) is 8.74. The van der Waals surface area contributed by atoms with Crippen LogP contribution in [0, 0.1) is 0 Å². The van der Waals surface area contributed by atoms with Crippen LogP contribution in [0.2, 0.25) is 0 Å². The maximum Gasteiger partial charge on any atom is 0.328 e. The highest BCUT2D eigenvalue weighted by atomic mass is 35.5. The third kappa shape index (κ3) is 4.65. The monoisotopic (exact) mass is 417 g/mol. The molecule has 3 heterocycles. The van der Waals surface area contributed by atoms with Crippen molar-refractivity contribution in [2.45, 2.75) is 18.8 Å². The molecule has 6 nitrogen and oxygen atoms in total. The number of carbonyl (C=O) groups excluding carboxylic acids is 1. The first kappa shape index (κ1) is 20.6. The second kappa shape index (κ2) is 8.48.